The van der Waals surface area contributed by atoms with Crippen molar-refractivity contribution < 1.29 is 19.7 Å². The van der Waals surface area contributed by atoms with Crippen LogP contribution in [-0.4, -0.2) is 47.6 Å². The second-order valence-electron chi connectivity index (χ2n) is 5.92. The second kappa shape index (κ2) is 6.20. The van der Waals surface area contributed by atoms with Gasteiger partial charge in [0.15, 0.2) is 0 Å². The molecule has 1 spiro atoms. The van der Waals surface area contributed by atoms with Gasteiger partial charge < -0.3 is 20.3 Å². The lowest BCUT2D eigenvalue weighted by Gasteiger charge is -2.45. The first-order chi connectivity index (χ1) is 9.11. The van der Waals surface area contributed by atoms with Gasteiger partial charge in [0, 0.05) is 17.5 Å². The highest BCUT2D eigenvalue weighted by Crippen LogP contribution is 2.44. The van der Waals surface area contributed by atoms with E-state index in [0.29, 0.717) is 6.42 Å². The normalized spacial score (nSPS) is 36.4. The van der Waals surface area contributed by atoms with E-state index in [4.69, 9.17) is 4.74 Å². The Bertz CT molecular complexity index is 323. The summed E-state index contributed by atoms with van der Waals surface area (Å²) in [6.07, 6.45) is 5.81. The Morgan fingerprint density at radius 3 is 2.74 bits per heavy atom. The van der Waals surface area contributed by atoms with E-state index in [9.17, 15) is 15.0 Å². The minimum atomic E-state index is -0.660. The molecular weight excluding hydrogens is 246 g/mol. The molecule has 0 bridgehead atoms. The average molecular weight is 271 g/mol. The molecule has 1 aliphatic carbocycles. The van der Waals surface area contributed by atoms with Crippen molar-refractivity contribution in [2.75, 3.05) is 13.7 Å². The molecule has 2 fully saturated rings. The number of carbonyl (C=O) groups is 1. The third kappa shape index (κ3) is 3.09. The van der Waals surface area contributed by atoms with E-state index >= 15 is 0 Å². The van der Waals surface area contributed by atoms with Crippen LogP contribution in [0.15, 0.2) is 0 Å². The van der Waals surface area contributed by atoms with Gasteiger partial charge in [0.1, 0.15) is 0 Å². The molecule has 1 saturated heterocycles. The first-order valence-electron chi connectivity index (χ1n) is 7.25. The summed E-state index contributed by atoms with van der Waals surface area (Å²) in [7, 11) is 1.41. The number of carbonyl (C=O) groups excluding carboxylic acids is 1. The molecule has 4 atom stereocenters. The third-order valence-electron chi connectivity index (χ3n) is 4.81. The van der Waals surface area contributed by atoms with Gasteiger partial charge in [-0.05, 0) is 25.7 Å². The number of hydrogen-bond donors (Lipinski definition) is 3. The smallest absolute Gasteiger partial charge is 0.307 e. The Morgan fingerprint density at radius 2 is 2.11 bits per heavy atom. The van der Waals surface area contributed by atoms with Crippen LogP contribution in [0.5, 0.6) is 0 Å². The monoisotopic (exact) mass is 271 g/mol. The lowest BCUT2D eigenvalue weighted by Crippen LogP contribution is -2.58. The van der Waals surface area contributed by atoms with E-state index in [1.165, 1.54) is 7.11 Å². The van der Waals surface area contributed by atoms with Gasteiger partial charge in [-0.2, -0.15) is 0 Å². The first kappa shape index (κ1) is 14.8. The standard InChI is InChI=1S/C14H25NO4/c1-19-13(18)8-10-4-2-6-14(15-10)7-3-5-11(14)12(17)9-16/h10-12,15-17H,2-9H2,1H3/t10-,11-,12-,14-/m1/s1. The fourth-order valence-electron chi connectivity index (χ4n) is 3.93. The van der Waals surface area contributed by atoms with Gasteiger partial charge in [-0.25, -0.2) is 0 Å². The maximum absolute atomic E-state index is 11.4. The zero-order valence-corrected chi connectivity index (χ0v) is 11.6. The van der Waals surface area contributed by atoms with Gasteiger partial charge in [-0.1, -0.05) is 12.8 Å². The van der Waals surface area contributed by atoms with Crippen molar-refractivity contribution in [2.45, 2.75) is 62.6 Å². The summed E-state index contributed by atoms with van der Waals surface area (Å²) in [5.41, 5.74) is -0.0981. The van der Waals surface area contributed by atoms with Gasteiger partial charge in [-0.15, -0.1) is 0 Å². The molecule has 110 valence electrons. The van der Waals surface area contributed by atoms with Crippen molar-refractivity contribution in [3.63, 3.8) is 0 Å². The quantitative estimate of drug-likeness (QED) is 0.652. The summed E-state index contributed by atoms with van der Waals surface area (Å²) in [5.74, 6) is -0.0928. The summed E-state index contributed by atoms with van der Waals surface area (Å²) < 4.78 is 4.73. The molecule has 0 unspecified atom stereocenters. The van der Waals surface area contributed by atoms with Crippen LogP contribution < -0.4 is 5.32 Å². The predicted molar refractivity (Wildman–Crippen MR) is 70.6 cm³/mol. The molecule has 0 aromatic carbocycles. The summed E-state index contributed by atoms with van der Waals surface area (Å²) in [5, 5.41) is 22.8. The largest absolute Gasteiger partial charge is 0.469 e. The molecule has 1 aliphatic heterocycles. The molecule has 1 heterocycles. The number of rotatable bonds is 4. The lowest BCUT2D eigenvalue weighted by atomic mass is 9.75. The number of ether oxygens (including phenoxy) is 1. The molecule has 0 aromatic heterocycles. The summed E-state index contributed by atoms with van der Waals surface area (Å²) in [4.78, 5) is 11.4. The molecule has 5 heteroatoms. The molecule has 0 amide bonds. The highest BCUT2D eigenvalue weighted by Gasteiger charge is 2.48. The van der Waals surface area contributed by atoms with E-state index < -0.39 is 6.10 Å². The molecule has 0 radical (unpaired) electrons. The molecule has 0 aromatic rings. The molecular formula is C14H25NO4. The van der Waals surface area contributed by atoms with Crippen LogP contribution in [0.4, 0.5) is 0 Å². The van der Waals surface area contributed by atoms with Crippen molar-refractivity contribution in [3.05, 3.63) is 0 Å². The van der Waals surface area contributed by atoms with Gasteiger partial charge in [0.05, 0.1) is 26.2 Å². The topological polar surface area (TPSA) is 78.8 Å². The van der Waals surface area contributed by atoms with Crippen molar-refractivity contribution in [3.8, 4) is 0 Å². The second-order valence-corrected chi connectivity index (χ2v) is 5.92. The Kier molecular flexibility index (Phi) is 4.81. The van der Waals surface area contributed by atoms with Crippen molar-refractivity contribution in [1.29, 1.82) is 0 Å². The van der Waals surface area contributed by atoms with Crippen LogP contribution in [0.1, 0.15) is 44.9 Å². The maximum Gasteiger partial charge on any atom is 0.307 e. The fraction of sp³-hybridized carbons (Fsp3) is 0.929. The summed E-state index contributed by atoms with van der Waals surface area (Å²) >= 11 is 0. The van der Waals surface area contributed by atoms with Crippen LogP contribution in [0.2, 0.25) is 0 Å². The Labute approximate surface area is 114 Å². The number of esters is 1. The van der Waals surface area contributed by atoms with E-state index in [0.717, 1.165) is 38.5 Å². The van der Waals surface area contributed by atoms with E-state index in [-0.39, 0.29) is 30.1 Å². The van der Waals surface area contributed by atoms with Crippen LogP contribution in [-0.2, 0) is 9.53 Å². The summed E-state index contributed by atoms with van der Waals surface area (Å²) in [6.45, 7) is -0.185. The van der Waals surface area contributed by atoms with Crippen LogP contribution >= 0.6 is 0 Å². The van der Waals surface area contributed by atoms with Crippen LogP contribution in [0.3, 0.4) is 0 Å². The third-order valence-corrected chi connectivity index (χ3v) is 4.81. The predicted octanol–water partition coefficient (Wildman–Crippen LogP) is 0.584. The minimum absolute atomic E-state index is 0.0953. The van der Waals surface area contributed by atoms with Crippen LogP contribution in [0.25, 0.3) is 0 Å². The molecule has 5 nitrogen and oxygen atoms in total. The molecule has 19 heavy (non-hydrogen) atoms. The molecule has 2 aliphatic rings. The van der Waals surface area contributed by atoms with Gasteiger partial charge >= 0.3 is 5.97 Å². The van der Waals surface area contributed by atoms with Crippen molar-refractivity contribution in [2.24, 2.45) is 5.92 Å². The molecule has 3 N–H and O–H groups in total. The zero-order valence-electron chi connectivity index (χ0n) is 11.6. The van der Waals surface area contributed by atoms with E-state index in [1.807, 2.05) is 0 Å². The van der Waals surface area contributed by atoms with Crippen molar-refractivity contribution >= 4 is 5.97 Å². The first-order valence-corrected chi connectivity index (χ1v) is 7.25. The van der Waals surface area contributed by atoms with E-state index in [1.54, 1.807) is 0 Å². The number of aliphatic hydroxyl groups excluding tert-OH is 2. The Hall–Kier alpha value is -0.650. The lowest BCUT2D eigenvalue weighted by molar-refractivity contribution is -0.141. The van der Waals surface area contributed by atoms with Crippen molar-refractivity contribution in [1.82, 2.24) is 5.32 Å². The molecule has 1 saturated carbocycles. The Morgan fingerprint density at radius 1 is 1.42 bits per heavy atom. The maximum atomic E-state index is 11.4. The fourth-order valence-corrected chi connectivity index (χ4v) is 3.93. The number of piperidine rings is 1. The Balaban J connectivity index is 2.03. The number of methoxy groups -OCH3 is 1. The average Bonchev–Trinajstić information content (AvgIpc) is 2.80. The highest BCUT2D eigenvalue weighted by molar-refractivity contribution is 5.69. The highest BCUT2D eigenvalue weighted by atomic mass is 16.5. The van der Waals surface area contributed by atoms with Gasteiger partial charge in [0.25, 0.3) is 0 Å². The molecule has 2 rings (SSSR count). The number of hydrogen-bond acceptors (Lipinski definition) is 5. The zero-order chi connectivity index (χ0) is 13.9. The van der Waals surface area contributed by atoms with Crippen LogP contribution in [0, 0.1) is 5.92 Å². The number of nitrogens with one attached hydrogen (secondary N) is 1. The SMILES string of the molecule is COC(=O)C[C@H]1CCC[C@]2(CCC[C@@H]2[C@H](O)CO)N1. The van der Waals surface area contributed by atoms with Gasteiger partial charge in [-0.3, -0.25) is 4.79 Å². The number of aliphatic hydroxyl groups is 2. The van der Waals surface area contributed by atoms with E-state index in [2.05, 4.69) is 5.32 Å². The minimum Gasteiger partial charge on any atom is -0.469 e. The summed E-state index contributed by atoms with van der Waals surface area (Å²) in [6, 6.07) is 0.132. The van der Waals surface area contributed by atoms with Gasteiger partial charge in [0.2, 0.25) is 0 Å².